The summed E-state index contributed by atoms with van der Waals surface area (Å²) < 4.78 is 42.3. The molecule has 1 aromatic carbocycles. The zero-order valence-corrected chi connectivity index (χ0v) is 22.2. The number of nitrogens with two attached hydrogens (primary N) is 1. The maximum atomic E-state index is 13.4. The number of hydrogen-bond donors (Lipinski definition) is 1. The smallest absolute Gasteiger partial charge is 0.384 e. The van der Waals surface area contributed by atoms with Crippen LogP contribution in [0.25, 0.3) is 11.3 Å². The van der Waals surface area contributed by atoms with Crippen LogP contribution in [0.3, 0.4) is 0 Å². The van der Waals surface area contributed by atoms with E-state index in [2.05, 4.69) is 33.2 Å². The van der Waals surface area contributed by atoms with Crippen LogP contribution in [0.1, 0.15) is 63.3 Å². The molecule has 2 aromatic rings. The Labute approximate surface area is 218 Å². The van der Waals surface area contributed by atoms with Crippen molar-refractivity contribution >= 4 is 5.84 Å². The van der Waals surface area contributed by atoms with Crippen LogP contribution in [0.2, 0.25) is 0 Å². The zero-order valence-electron chi connectivity index (χ0n) is 22.2. The monoisotopic (exact) mass is 516 g/mol. The number of hydrogen-bond acceptors (Lipinski definition) is 4. The van der Waals surface area contributed by atoms with Gasteiger partial charge in [0.2, 0.25) is 0 Å². The van der Waals surface area contributed by atoms with Gasteiger partial charge in [0.05, 0.1) is 11.3 Å². The summed E-state index contributed by atoms with van der Waals surface area (Å²) in [5.74, 6) is 1.83. The first-order chi connectivity index (χ1) is 17.7. The van der Waals surface area contributed by atoms with Crippen molar-refractivity contribution in [1.82, 2.24) is 19.4 Å². The van der Waals surface area contributed by atoms with Gasteiger partial charge < -0.3 is 20.1 Å². The quantitative estimate of drug-likeness (QED) is 0.371. The molecule has 0 atom stereocenters. The number of benzene rings is 1. The van der Waals surface area contributed by atoms with Gasteiger partial charge in [-0.1, -0.05) is 19.1 Å². The van der Waals surface area contributed by atoms with Gasteiger partial charge in [0.1, 0.15) is 11.7 Å². The third-order valence-corrected chi connectivity index (χ3v) is 7.82. The Kier molecular flexibility index (Phi) is 8.62. The lowest BCUT2D eigenvalue weighted by atomic mass is 9.94. The fourth-order valence-electron chi connectivity index (χ4n) is 5.61. The Morgan fingerprint density at radius 1 is 1.11 bits per heavy atom. The molecule has 0 saturated carbocycles. The Balaban J connectivity index is 1.57. The summed E-state index contributed by atoms with van der Waals surface area (Å²) in [6.07, 6.45) is 2.72. The molecule has 0 spiro atoms. The molecule has 0 amide bonds. The molecule has 2 fully saturated rings. The second kappa shape index (κ2) is 11.7. The number of imidazole rings is 1. The maximum Gasteiger partial charge on any atom is 0.416 e. The Bertz CT molecular complexity index is 1120. The Morgan fingerprint density at radius 2 is 1.81 bits per heavy atom. The lowest BCUT2D eigenvalue weighted by Gasteiger charge is -2.35. The highest BCUT2D eigenvalue weighted by molar-refractivity contribution is 5.97. The van der Waals surface area contributed by atoms with Crippen molar-refractivity contribution in [2.24, 2.45) is 10.7 Å². The highest BCUT2D eigenvalue weighted by atomic mass is 19.4. The number of aromatic nitrogens is 2. The van der Waals surface area contributed by atoms with Gasteiger partial charge in [-0.25, -0.2) is 4.98 Å². The number of alkyl halides is 3. The van der Waals surface area contributed by atoms with Crippen LogP contribution < -0.4 is 5.73 Å². The predicted octanol–water partition coefficient (Wildman–Crippen LogP) is 5.52. The normalized spacial score (nSPS) is 19.0. The van der Waals surface area contributed by atoms with Gasteiger partial charge in [-0.05, 0) is 64.3 Å². The van der Waals surface area contributed by atoms with Crippen LogP contribution in [-0.4, -0.2) is 65.0 Å². The highest BCUT2D eigenvalue weighted by Gasteiger charge is 2.31. The molecule has 202 valence electrons. The number of allylic oxidation sites excluding steroid dienone is 1. The molecule has 2 N–H and O–H groups in total. The predicted molar refractivity (Wildman–Crippen MR) is 142 cm³/mol. The van der Waals surface area contributed by atoms with Gasteiger partial charge in [-0.15, -0.1) is 0 Å². The molecule has 37 heavy (non-hydrogen) atoms. The summed E-state index contributed by atoms with van der Waals surface area (Å²) in [6.45, 7) is 9.92. The molecule has 2 aliphatic heterocycles. The molecule has 1 aromatic heterocycles. The fourth-order valence-corrected chi connectivity index (χ4v) is 5.61. The van der Waals surface area contributed by atoms with E-state index in [1.807, 2.05) is 6.20 Å². The van der Waals surface area contributed by atoms with Crippen molar-refractivity contribution in [2.45, 2.75) is 64.6 Å². The number of halogens is 3. The van der Waals surface area contributed by atoms with E-state index in [-0.39, 0.29) is 5.92 Å². The van der Waals surface area contributed by atoms with Gasteiger partial charge in [0.25, 0.3) is 0 Å². The summed E-state index contributed by atoms with van der Waals surface area (Å²) >= 11 is 0. The molecule has 0 aliphatic carbocycles. The Morgan fingerprint density at radius 3 is 2.43 bits per heavy atom. The maximum absolute atomic E-state index is 13.4. The third-order valence-electron chi connectivity index (χ3n) is 7.82. The standard InChI is InChI=1S/C28H39F3N6/c1-4-24(26(32)33-3)20(2)36-14-10-21(11-15-36)27-34-25(19-37(27)17-16-35-12-5-6-13-35)22-8-7-9-23(18-22)28(29,30)31/h7-9,18-19,21H,4-6,10-17H2,1-3H3,(H2,32,33)/b24-20+. The van der Waals surface area contributed by atoms with E-state index in [4.69, 9.17) is 10.7 Å². The average molecular weight is 517 g/mol. The second-order valence-electron chi connectivity index (χ2n) is 10.1. The molecule has 4 rings (SSSR count). The Hall–Kier alpha value is -2.81. The number of piperidine rings is 1. The number of likely N-dealkylation sites (tertiary alicyclic amines) is 2. The minimum atomic E-state index is -4.38. The topological polar surface area (TPSA) is 62.7 Å². The van der Waals surface area contributed by atoms with E-state index >= 15 is 0 Å². The lowest BCUT2D eigenvalue weighted by Crippen LogP contribution is -2.34. The summed E-state index contributed by atoms with van der Waals surface area (Å²) in [5.41, 5.74) is 8.86. The number of rotatable bonds is 8. The van der Waals surface area contributed by atoms with Crippen molar-refractivity contribution in [3.63, 3.8) is 0 Å². The summed E-state index contributed by atoms with van der Waals surface area (Å²) in [4.78, 5) is 13.9. The van der Waals surface area contributed by atoms with Crippen LogP contribution in [-0.2, 0) is 12.7 Å². The molecular formula is C28H39F3N6. The SMILES string of the molecule is CC/C(C(N)=NC)=C(/C)N1CCC(c2nc(-c3cccc(C(F)(F)F)c3)cn2CCN2CCCC2)CC1. The first-order valence-corrected chi connectivity index (χ1v) is 13.4. The van der Waals surface area contributed by atoms with Crippen LogP contribution in [0.4, 0.5) is 13.2 Å². The van der Waals surface area contributed by atoms with E-state index in [1.165, 1.54) is 30.7 Å². The summed E-state index contributed by atoms with van der Waals surface area (Å²) in [5, 5.41) is 0. The fraction of sp³-hybridized carbons (Fsp3) is 0.571. The molecule has 9 heteroatoms. The minimum absolute atomic E-state index is 0.254. The van der Waals surface area contributed by atoms with Gasteiger partial charge in [0, 0.05) is 62.2 Å². The van der Waals surface area contributed by atoms with E-state index < -0.39 is 11.7 Å². The third kappa shape index (κ3) is 6.37. The molecule has 3 heterocycles. The van der Waals surface area contributed by atoms with Crippen LogP contribution in [0.5, 0.6) is 0 Å². The molecule has 0 unspecified atom stereocenters. The zero-order chi connectivity index (χ0) is 26.6. The molecule has 2 saturated heterocycles. The summed E-state index contributed by atoms with van der Waals surface area (Å²) in [7, 11) is 1.72. The molecule has 0 radical (unpaired) electrons. The van der Waals surface area contributed by atoms with Crippen molar-refractivity contribution in [3.8, 4) is 11.3 Å². The van der Waals surface area contributed by atoms with Crippen LogP contribution in [0.15, 0.2) is 46.7 Å². The average Bonchev–Trinajstić information content (AvgIpc) is 3.57. The van der Waals surface area contributed by atoms with E-state index in [9.17, 15) is 13.2 Å². The molecule has 2 aliphatic rings. The van der Waals surface area contributed by atoms with E-state index in [0.29, 0.717) is 17.1 Å². The first kappa shape index (κ1) is 27.2. The molecule has 6 nitrogen and oxygen atoms in total. The van der Waals surface area contributed by atoms with Gasteiger partial charge >= 0.3 is 6.18 Å². The van der Waals surface area contributed by atoms with Crippen molar-refractivity contribution < 1.29 is 13.2 Å². The van der Waals surface area contributed by atoms with Crippen molar-refractivity contribution in [3.05, 3.63) is 53.1 Å². The number of aliphatic imine (C=N–C) groups is 1. The number of amidine groups is 1. The van der Waals surface area contributed by atoms with Crippen molar-refractivity contribution in [1.29, 1.82) is 0 Å². The van der Waals surface area contributed by atoms with Gasteiger partial charge in [-0.2, -0.15) is 13.2 Å². The first-order valence-electron chi connectivity index (χ1n) is 13.4. The van der Waals surface area contributed by atoms with Crippen molar-refractivity contribution in [2.75, 3.05) is 39.8 Å². The molecule has 0 bridgehead atoms. The second-order valence-corrected chi connectivity index (χ2v) is 10.1. The molecular weight excluding hydrogens is 477 g/mol. The highest BCUT2D eigenvalue weighted by Crippen LogP contribution is 2.34. The summed E-state index contributed by atoms with van der Waals surface area (Å²) in [6, 6.07) is 5.50. The van der Waals surface area contributed by atoms with E-state index in [1.54, 1.807) is 13.1 Å². The minimum Gasteiger partial charge on any atom is -0.384 e. The van der Waals surface area contributed by atoms with Crippen LogP contribution in [0, 0.1) is 0 Å². The number of nitrogens with zero attached hydrogens (tertiary/aromatic N) is 5. The lowest BCUT2D eigenvalue weighted by molar-refractivity contribution is -0.137. The van der Waals surface area contributed by atoms with Gasteiger partial charge in [-0.3, -0.25) is 4.99 Å². The largest absolute Gasteiger partial charge is 0.416 e. The van der Waals surface area contributed by atoms with Gasteiger partial charge in [0.15, 0.2) is 0 Å². The van der Waals surface area contributed by atoms with E-state index in [0.717, 1.165) is 76.0 Å². The van der Waals surface area contributed by atoms with Crippen LogP contribution >= 0.6 is 0 Å².